The Morgan fingerprint density at radius 3 is 1.44 bits per heavy atom. The number of ether oxygens (including phenoxy) is 3. The SMILES string of the molecule is CC1(C)C2CCC1(C)C1OC(OC3CC4C(O3)C3(C)CC[C@H]4C3(C)C)CC21. The van der Waals surface area contributed by atoms with E-state index in [1.54, 1.807) is 0 Å². The van der Waals surface area contributed by atoms with Crippen LogP contribution >= 0.6 is 0 Å². The molecule has 2 heterocycles. The average molecular weight is 375 g/mol. The van der Waals surface area contributed by atoms with E-state index in [9.17, 15) is 0 Å². The van der Waals surface area contributed by atoms with E-state index >= 15 is 0 Å². The highest BCUT2D eigenvalue weighted by Crippen LogP contribution is 2.72. The third-order valence-corrected chi connectivity index (χ3v) is 11.6. The summed E-state index contributed by atoms with van der Waals surface area (Å²) in [5, 5.41) is 0. The first kappa shape index (κ1) is 17.7. The van der Waals surface area contributed by atoms with Crippen molar-refractivity contribution < 1.29 is 14.2 Å². The fourth-order valence-corrected chi connectivity index (χ4v) is 9.31. The van der Waals surface area contributed by atoms with Gasteiger partial charge in [-0.3, -0.25) is 0 Å². The molecular weight excluding hydrogens is 336 g/mol. The lowest BCUT2D eigenvalue weighted by molar-refractivity contribution is -0.252. The van der Waals surface area contributed by atoms with E-state index < -0.39 is 0 Å². The molecule has 3 heteroatoms. The van der Waals surface area contributed by atoms with Gasteiger partial charge in [0.2, 0.25) is 0 Å². The quantitative estimate of drug-likeness (QED) is 0.650. The molecule has 4 aliphatic carbocycles. The molecule has 0 aromatic rings. The lowest BCUT2D eigenvalue weighted by Gasteiger charge is -2.39. The van der Waals surface area contributed by atoms with E-state index in [2.05, 4.69) is 41.5 Å². The van der Waals surface area contributed by atoms with E-state index in [-0.39, 0.29) is 12.6 Å². The molecule has 0 spiro atoms. The normalized spacial score (nSPS) is 61.6. The molecule has 2 aliphatic heterocycles. The number of fused-ring (bicyclic) bond motifs is 10. The van der Waals surface area contributed by atoms with E-state index in [4.69, 9.17) is 14.2 Å². The molecule has 152 valence electrons. The molecule has 0 N–H and O–H groups in total. The van der Waals surface area contributed by atoms with Crippen molar-refractivity contribution in [2.24, 2.45) is 45.3 Å². The first-order valence-corrected chi connectivity index (χ1v) is 11.6. The van der Waals surface area contributed by atoms with Crippen LogP contribution in [0.3, 0.4) is 0 Å². The van der Waals surface area contributed by atoms with E-state index in [0.717, 1.165) is 24.7 Å². The first-order valence-electron chi connectivity index (χ1n) is 11.6. The standard InChI is InChI=1S/C24H38O3/c1-21(2)15-7-9-23(21,5)19-13(15)11-17(26-19)25-18-12-14-16-8-10-24(6,20(14)27-18)22(16,3)4/h13-20H,7-12H2,1-6H3/t13?,14?,15-,16?,17?,18?,19?,20?,23?,24?/m1/s1. The van der Waals surface area contributed by atoms with E-state index in [1.165, 1.54) is 25.7 Å². The Kier molecular flexibility index (Phi) is 3.25. The highest BCUT2D eigenvalue weighted by Gasteiger charge is 2.71. The molecule has 0 aromatic carbocycles. The molecule has 0 aromatic heterocycles. The minimum absolute atomic E-state index is 0.0432. The van der Waals surface area contributed by atoms with Crippen molar-refractivity contribution in [2.45, 2.75) is 105 Å². The van der Waals surface area contributed by atoms with Gasteiger partial charge in [0.1, 0.15) is 0 Å². The summed E-state index contributed by atoms with van der Waals surface area (Å²) in [7, 11) is 0. The van der Waals surface area contributed by atoms with Gasteiger partial charge >= 0.3 is 0 Å². The van der Waals surface area contributed by atoms with Crippen molar-refractivity contribution in [3.8, 4) is 0 Å². The number of rotatable bonds is 2. The Balaban J connectivity index is 1.15. The third-order valence-electron chi connectivity index (χ3n) is 11.6. The lowest BCUT2D eigenvalue weighted by Crippen LogP contribution is -2.39. The summed E-state index contributed by atoms with van der Waals surface area (Å²) in [6, 6.07) is 0. The fourth-order valence-electron chi connectivity index (χ4n) is 9.31. The molecule has 9 unspecified atom stereocenters. The second-order valence-electron chi connectivity index (χ2n) is 12.5. The summed E-state index contributed by atoms with van der Waals surface area (Å²) >= 11 is 0. The fraction of sp³-hybridized carbons (Fsp3) is 1.00. The van der Waals surface area contributed by atoms with Crippen molar-refractivity contribution in [1.82, 2.24) is 0 Å². The number of hydrogen-bond acceptors (Lipinski definition) is 3. The maximum Gasteiger partial charge on any atom is 0.161 e. The topological polar surface area (TPSA) is 27.7 Å². The van der Waals surface area contributed by atoms with Crippen molar-refractivity contribution >= 4 is 0 Å². The van der Waals surface area contributed by atoms with Gasteiger partial charge < -0.3 is 14.2 Å². The molecule has 6 aliphatic rings. The van der Waals surface area contributed by atoms with Gasteiger partial charge in [-0.05, 0) is 71.0 Å². The van der Waals surface area contributed by atoms with Crippen LogP contribution in [-0.2, 0) is 14.2 Å². The monoisotopic (exact) mass is 374 g/mol. The lowest BCUT2D eigenvalue weighted by atomic mass is 9.70. The van der Waals surface area contributed by atoms with Gasteiger partial charge in [0.25, 0.3) is 0 Å². The molecule has 27 heavy (non-hydrogen) atoms. The Morgan fingerprint density at radius 2 is 1.07 bits per heavy atom. The van der Waals surface area contributed by atoms with E-state index in [0.29, 0.717) is 45.7 Å². The van der Waals surface area contributed by atoms with Gasteiger partial charge in [-0.25, -0.2) is 0 Å². The maximum absolute atomic E-state index is 6.58. The van der Waals surface area contributed by atoms with Crippen LogP contribution in [0.5, 0.6) is 0 Å². The average Bonchev–Trinajstić information content (AvgIpc) is 3.33. The molecule has 0 amide bonds. The summed E-state index contributed by atoms with van der Waals surface area (Å²) in [5.41, 5.74) is 1.47. The van der Waals surface area contributed by atoms with Crippen LogP contribution < -0.4 is 0 Å². The molecule has 10 atom stereocenters. The van der Waals surface area contributed by atoms with Crippen molar-refractivity contribution in [2.75, 3.05) is 0 Å². The number of hydrogen-bond donors (Lipinski definition) is 0. The molecule has 4 bridgehead atoms. The molecule has 0 radical (unpaired) electrons. The van der Waals surface area contributed by atoms with Crippen LogP contribution in [0.4, 0.5) is 0 Å². The summed E-state index contributed by atoms with van der Waals surface area (Å²) in [5.74, 6) is 3.00. The molecule has 6 fully saturated rings. The van der Waals surface area contributed by atoms with Crippen molar-refractivity contribution in [3.05, 3.63) is 0 Å². The highest BCUT2D eigenvalue weighted by molar-refractivity contribution is 5.18. The van der Waals surface area contributed by atoms with Crippen LogP contribution in [0, 0.1) is 45.3 Å². The predicted molar refractivity (Wildman–Crippen MR) is 104 cm³/mol. The van der Waals surface area contributed by atoms with Gasteiger partial charge in [0, 0.05) is 12.8 Å². The Labute approximate surface area is 164 Å². The molecule has 6 rings (SSSR count). The first-order chi connectivity index (χ1) is 12.6. The minimum atomic E-state index is -0.0432. The van der Waals surface area contributed by atoms with E-state index in [1.807, 2.05) is 0 Å². The summed E-state index contributed by atoms with van der Waals surface area (Å²) < 4.78 is 19.6. The summed E-state index contributed by atoms with van der Waals surface area (Å²) in [6.07, 6.45) is 8.24. The Hall–Kier alpha value is -0.120. The molecule has 4 saturated carbocycles. The van der Waals surface area contributed by atoms with Crippen molar-refractivity contribution in [1.29, 1.82) is 0 Å². The maximum atomic E-state index is 6.58. The zero-order chi connectivity index (χ0) is 19.0. The Bertz CT molecular complexity index is 615. The molecule has 3 nitrogen and oxygen atoms in total. The Morgan fingerprint density at radius 1 is 0.667 bits per heavy atom. The zero-order valence-electron chi connectivity index (χ0n) is 18.1. The van der Waals surface area contributed by atoms with Gasteiger partial charge in [0.15, 0.2) is 12.6 Å². The zero-order valence-corrected chi connectivity index (χ0v) is 18.1. The molecule has 2 saturated heterocycles. The second kappa shape index (κ2) is 4.95. The second-order valence-corrected chi connectivity index (χ2v) is 12.5. The summed E-state index contributed by atoms with van der Waals surface area (Å²) in [6.45, 7) is 14.8. The smallest absolute Gasteiger partial charge is 0.161 e. The van der Waals surface area contributed by atoms with Gasteiger partial charge in [-0.2, -0.15) is 0 Å². The van der Waals surface area contributed by atoms with Crippen molar-refractivity contribution in [3.63, 3.8) is 0 Å². The third kappa shape index (κ3) is 1.83. The van der Waals surface area contributed by atoms with Crippen LogP contribution in [0.25, 0.3) is 0 Å². The van der Waals surface area contributed by atoms with Crippen LogP contribution in [0.15, 0.2) is 0 Å². The largest absolute Gasteiger partial charge is 0.348 e. The summed E-state index contributed by atoms with van der Waals surface area (Å²) in [4.78, 5) is 0. The molecular formula is C24H38O3. The highest BCUT2D eigenvalue weighted by atomic mass is 16.8. The predicted octanol–water partition coefficient (Wildman–Crippen LogP) is 5.38. The van der Waals surface area contributed by atoms with Gasteiger partial charge in [-0.1, -0.05) is 41.5 Å². The van der Waals surface area contributed by atoms with Gasteiger partial charge in [-0.15, -0.1) is 0 Å². The van der Waals surface area contributed by atoms with Crippen LogP contribution in [0.2, 0.25) is 0 Å². The minimum Gasteiger partial charge on any atom is -0.348 e. The van der Waals surface area contributed by atoms with Gasteiger partial charge in [0.05, 0.1) is 12.2 Å². The van der Waals surface area contributed by atoms with Crippen LogP contribution in [0.1, 0.15) is 80.1 Å². The van der Waals surface area contributed by atoms with Crippen LogP contribution in [-0.4, -0.2) is 24.8 Å².